The molecule has 0 fully saturated rings. The molecule has 2 aromatic heterocycles. The number of amides is 2. The molecule has 2 amide bonds. The van der Waals surface area contributed by atoms with Crippen LogP contribution < -0.4 is 15.4 Å². The van der Waals surface area contributed by atoms with Crippen molar-refractivity contribution in [2.45, 2.75) is 12.3 Å². The number of aromatic amines is 1. The van der Waals surface area contributed by atoms with E-state index < -0.39 is 17.2 Å². The van der Waals surface area contributed by atoms with Crippen LogP contribution in [0.5, 0.6) is 5.88 Å². The Balaban J connectivity index is 1.94. The maximum atomic E-state index is 13.9. The third kappa shape index (κ3) is 1.99. The summed E-state index contributed by atoms with van der Waals surface area (Å²) in [7, 11) is 0. The number of H-pyrrole nitrogens is 1. The van der Waals surface area contributed by atoms with Crippen LogP contribution in [0.25, 0.3) is 11.4 Å². The molecule has 0 bridgehead atoms. The summed E-state index contributed by atoms with van der Waals surface area (Å²) < 4.78 is 5.59. The number of carbonyl (C=O) groups excluding carboxylic acids is 2. The van der Waals surface area contributed by atoms with Gasteiger partial charge in [0.15, 0.2) is 0 Å². The van der Waals surface area contributed by atoms with Gasteiger partial charge in [0, 0.05) is 18.7 Å². The molecule has 9 nitrogen and oxygen atoms in total. The average Bonchev–Trinajstić information content (AvgIpc) is 3.27. The molecule has 146 valence electrons. The van der Waals surface area contributed by atoms with Gasteiger partial charge in [0.2, 0.25) is 17.7 Å². The quantitative estimate of drug-likeness (QED) is 0.636. The van der Waals surface area contributed by atoms with Gasteiger partial charge < -0.3 is 10.5 Å². The second-order valence-corrected chi connectivity index (χ2v) is 6.87. The van der Waals surface area contributed by atoms with Gasteiger partial charge in [-0.25, -0.2) is 4.90 Å². The van der Waals surface area contributed by atoms with E-state index in [2.05, 4.69) is 15.2 Å². The highest BCUT2D eigenvalue weighted by Gasteiger charge is 2.62. The first-order valence-corrected chi connectivity index (χ1v) is 9.04. The minimum atomic E-state index is -1.69. The molecule has 30 heavy (non-hydrogen) atoms. The normalized spacial score (nSPS) is 19.3. The average molecular weight is 398 g/mol. The van der Waals surface area contributed by atoms with E-state index in [1.54, 1.807) is 48.7 Å². The predicted molar refractivity (Wildman–Crippen MR) is 105 cm³/mol. The Bertz CT molecular complexity index is 1300. The molecule has 0 unspecified atom stereocenters. The number of fused-ring (bicyclic) bond motifs is 4. The molecule has 0 saturated heterocycles. The summed E-state index contributed by atoms with van der Waals surface area (Å²) in [4.78, 5) is 31.7. The van der Waals surface area contributed by atoms with Gasteiger partial charge >= 0.3 is 0 Å². The first-order valence-electron chi connectivity index (χ1n) is 9.04. The number of rotatable bonds is 1. The summed E-state index contributed by atoms with van der Waals surface area (Å²) in [5.41, 5.74) is 6.31. The van der Waals surface area contributed by atoms with Crippen molar-refractivity contribution in [3.05, 3.63) is 71.2 Å². The van der Waals surface area contributed by atoms with Gasteiger partial charge in [0.05, 0.1) is 22.6 Å². The first kappa shape index (κ1) is 17.6. The summed E-state index contributed by atoms with van der Waals surface area (Å²) in [6, 6.07) is 14.1. The smallest absolute Gasteiger partial charge is 0.254 e. The number of para-hydroxylation sites is 1. The zero-order valence-corrected chi connectivity index (χ0v) is 15.7. The molecule has 3 aromatic rings. The third-order valence-electron chi connectivity index (χ3n) is 5.36. The van der Waals surface area contributed by atoms with E-state index in [0.29, 0.717) is 28.2 Å². The lowest BCUT2D eigenvalue weighted by molar-refractivity contribution is -0.126. The van der Waals surface area contributed by atoms with Crippen LogP contribution in [0.2, 0.25) is 0 Å². The number of aromatic nitrogens is 3. The molecule has 2 aliphatic rings. The number of ether oxygens (including phenoxy) is 1. The van der Waals surface area contributed by atoms with Crippen molar-refractivity contribution in [2.24, 2.45) is 5.73 Å². The molecular formula is C21H14N6O3. The number of nitriles is 1. The first-order chi connectivity index (χ1) is 14.5. The largest absolute Gasteiger partial charge is 0.420 e. The highest BCUT2D eigenvalue weighted by Crippen LogP contribution is 2.56. The Labute approximate surface area is 170 Å². The van der Waals surface area contributed by atoms with Crippen LogP contribution in [-0.2, 0) is 15.0 Å². The Hall–Kier alpha value is -4.45. The summed E-state index contributed by atoms with van der Waals surface area (Å²) in [6.07, 6.45) is 1.60. The van der Waals surface area contributed by atoms with Gasteiger partial charge in [-0.2, -0.15) is 5.26 Å². The molecular weight excluding hydrogens is 384 g/mol. The molecule has 5 rings (SSSR count). The molecule has 4 heterocycles. The fourth-order valence-electron chi connectivity index (χ4n) is 4.22. The van der Waals surface area contributed by atoms with E-state index in [4.69, 9.17) is 10.5 Å². The van der Waals surface area contributed by atoms with Crippen molar-refractivity contribution in [1.29, 1.82) is 5.26 Å². The monoisotopic (exact) mass is 398 g/mol. The van der Waals surface area contributed by atoms with Gasteiger partial charge in [-0.1, -0.05) is 24.3 Å². The number of nitrogens with zero attached hydrogens (tertiary/aromatic N) is 4. The number of imide groups is 1. The molecule has 3 N–H and O–H groups in total. The number of nitrogens with two attached hydrogens (primary N) is 1. The summed E-state index contributed by atoms with van der Waals surface area (Å²) in [5, 5.41) is 17.1. The molecule has 9 heteroatoms. The molecule has 1 spiro atoms. The van der Waals surface area contributed by atoms with Crippen molar-refractivity contribution < 1.29 is 14.3 Å². The van der Waals surface area contributed by atoms with Crippen LogP contribution in [0.4, 0.5) is 5.69 Å². The lowest BCUT2D eigenvalue weighted by Gasteiger charge is -2.32. The van der Waals surface area contributed by atoms with Gasteiger partial charge in [-0.15, -0.1) is 5.10 Å². The van der Waals surface area contributed by atoms with Gasteiger partial charge in [0.1, 0.15) is 17.1 Å². The minimum Gasteiger partial charge on any atom is -0.420 e. The maximum absolute atomic E-state index is 13.9. The van der Waals surface area contributed by atoms with Crippen molar-refractivity contribution in [2.75, 3.05) is 4.90 Å². The van der Waals surface area contributed by atoms with Gasteiger partial charge in [0.25, 0.3) is 5.91 Å². The highest BCUT2D eigenvalue weighted by atomic mass is 16.5. The Kier molecular flexibility index (Phi) is 3.54. The standard InChI is InChI=1S/C21H14N6O3/c1-11(28)27-15-8-3-2-6-12(15)21(20(27)29)13(10-22)18(23)30-19-16(21)17(25-26-19)14-7-4-5-9-24-14/h2-9H,23H2,1H3,(H,25,26)/t21-/m0/s1. The Morgan fingerprint density at radius 2 is 2.03 bits per heavy atom. The lowest BCUT2D eigenvalue weighted by atomic mass is 9.68. The summed E-state index contributed by atoms with van der Waals surface area (Å²) in [6.45, 7) is 1.29. The molecule has 1 atom stereocenters. The number of benzene rings is 1. The molecule has 2 aliphatic heterocycles. The minimum absolute atomic E-state index is 0.0562. The predicted octanol–water partition coefficient (Wildman–Crippen LogP) is 1.74. The fraction of sp³-hybridized carbons (Fsp3) is 0.0952. The third-order valence-corrected chi connectivity index (χ3v) is 5.36. The van der Waals surface area contributed by atoms with Crippen molar-refractivity contribution in [1.82, 2.24) is 15.2 Å². The van der Waals surface area contributed by atoms with Crippen molar-refractivity contribution in [3.8, 4) is 23.3 Å². The SMILES string of the molecule is CC(=O)N1C(=O)[C@]2(C(C#N)=C(N)Oc3n[nH]c(-c4ccccn4)c32)c2ccccc21. The number of hydrogen-bond acceptors (Lipinski definition) is 7. The molecule has 0 aliphatic carbocycles. The van der Waals surface area contributed by atoms with E-state index >= 15 is 0 Å². The molecule has 0 saturated carbocycles. The Morgan fingerprint density at radius 3 is 2.73 bits per heavy atom. The van der Waals surface area contributed by atoms with Crippen LogP contribution in [0.1, 0.15) is 18.1 Å². The zero-order valence-electron chi connectivity index (χ0n) is 15.7. The zero-order chi connectivity index (χ0) is 21.0. The van der Waals surface area contributed by atoms with Crippen molar-refractivity contribution in [3.63, 3.8) is 0 Å². The summed E-state index contributed by atoms with van der Waals surface area (Å²) in [5.74, 6) is -1.27. The van der Waals surface area contributed by atoms with E-state index in [1.165, 1.54) is 6.92 Å². The number of pyridine rings is 1. The molecule has 0 radical (unpaired) electrons. The highest BCUT2D eigenvalue weighted by molar-refractivity contribution is 6.26. The van der Waals surface area contributed by atoms with Crippen molar-refractivity contribution >= 4 is 17.5 Å². The summed E-state index contributed by atoms with van der Waals surface area (Å²) >= 11 is 0. The topological polar surface area (TPSA) is 138 Å². The van der Waals surface area contributed by atoms with Crippen LogP contribution in [0.15, 0.2) is 60.1 Å². The van der Waals surface area contributed by atoms with E-state index in [9.17, 15) is 14.9 Å². The maximum Gasteiger partial charge on any atom is 0.254 e. The van der Waals surface area contributed by atoms with Gasteiger partial charge in [-0.3, -0.25) is 19.7 Å². The lowest BCUT2D eigenvalue weighted by Crippen LogP contribution is -2.47. The van der Waals surface area contributed by atoms with Gasteiger partial charge in [-0.05, 0) is 18.2 Å². The van der Waals surface area contributed by atoms with E-state index in [1.807, 2.05) is 6.07 Å². The number of hydrogen-bond donors (Lipinski definition) is 2. The fourth-order valence-corrected chi connectivity index (χ4v) is 4.22. The molecule has 1 aromatic carbocycles. The van der Waals surface area contributed by atoms with E-state index in [-0.39, 0.29) is 17.3 Å². The van der Waals surface area contributed by atoms with Crippen LogP contribution in [0.3, 0.4) is 0 Å². The second kappa shape index (κ2) is 6.02. The van der Waals surface area contributed by atoms with E-state index in [0.717, 1.165) is 4.90 Å². The Morgan fingerprint density at radius 1 is 1.27 bits per heavy atom. The van der Waals surface area contributed by atoms with Crippen LogP contribution >= 0.6 is 0 Å². The van der Waals surface area contributed by atoms with Crippen LogP contribution in [0, 0.1) is 11.3 Å². The number of anilines is 1. The number of nitrogens with one attached hydrogen (secondary N) is 1. The van der Waals surface area contributed by atoms with Crippen LogP contribution in [-0.4, -0.2) is 27.0 Å². The number of carbonyl (C=O) groups is 2. The second-order valence-electron chi connectivity index (χ2n) is 6.87.